The van der Waals surface area contributed by atoms with Crippen molar-refractivity contribution < 1.29 is 14.3 Å². The van der Waals surface area contributed by atoms with E-state index in [1.165, 1.54) is 5.56 Å². The molecule has 0 aromatic heterocycles. The summed E-state index contributed by atoms with van der Waals surface area (Å²) in [6, 6.07) is 10.4. The van der Waals surface area contributed by atoms with Gasteiger partial charge in [0.1, 0.15) is 0 Å². The van der Waals surface area contributed by atoms with Crippen molar-refractivity contribution in [2.24, 2.45) is 17.1 Å². The molecule has 1 aliphatic heterocycles. The molecule has 1 saturated heterocycles. The summed E-state index contributed by atoms with van der Waals surface area (Å²) >= 11 is 0. The maximum Gasteiger partial charge on any atom is 0.317 e. The lowest BCUT2D eigenvalue weighted by atomic mass is 9.53. The van der Waals surface area contributed by atoms with E-state index in [9.17, 15) is 9.59 Å². The van der Waals surface area contributed by atoms with Crippen LogP contribution in [0.4, 0.5) is 4.79 Å². The van der Waals surface area contributed by atoms with E-state index in [-0.39, 0.29) is 23.9 Å². The van der Waals surface area contributed by atoms with E-state index in [0.717, 1.165) is 25.7 Å². The Bertz CT molecular complexity index is 643. The Morgan fingerprint density at radius 2 is 1.84 bits per heavy atom. The van der Waals surface area contributed by atoms with Crippen LogP contribution in [-0.4, -0.2) is 42.1 Å². The number of likely N-dealkylation sites (tertiary alicyclic amines) is 1. The van der Waals surface area contributed by atoms with Crippen LogP contribution in [0.1, 0.15) is 31.2 Å². The minimum absolute atomic E-state index is 0.0615. The van der Waals surface area contributed by atoms with Gasteiger partial charge < -0.3 is 20.7 Å². The molecule has 4 rings (SSSR count). The van der Waals surface area contributed by atoms with Crippen LogP contribution >= 0.6 is 0 Å². The van der Waals surface area contributed by atoms with Crippen molar-refractivity contribution in [1.29, 1.82) is 0 Å². The highest BCUT2D eigenvalue weighted by molar-refractivity contribution is 5.82. The summed E-state index contributed by atoms with van der Waals surface area (Å²) < 4.78 is 5.97. The van der Waals surface area contributed by atoms with Crippen molar-refractivity contribution in [1.82, 2.24) is 10.2 Å². The maximum atomic E-state index is 12.1. The van der Waals surface area contributed by atoms with Gasteiger partial charge in [-0.2, -0.15) is 0 Å². The zero-order valence-electron chi connectivity index (χ0n) is 14.3. The molecule has 0 bridgehead atoms. The number of urea groups is 1. The summed E-state index contributed by atoms with van der Waals surface area (Å²) in [5.74, 6) is -0.490. The summed E-state index contributed by atoms with van der Waals surface area (Å²) in [6.45, 7) is 1.58. The van der Waals surface area contributed by atoms with Crippen LogP contribution in [0.3, 0.4) is 0 Å². The quantitative estimate of drug-likeness (QED) is 0.852. The third kappa shape index (κ3) is 3.35. The first-order valence-electron chi connectivity index (χ1n) is 9.03. The Labute approximate surface area is 147 Å². The van der Waals surface area contributed by atoms with Gasteiger partial charge in [-0.15, -0.1) is 0 Å². The number of carbonyl (C=O) groups is 2. The van der Waals surface area contributed by atoms with E-state index in [2.05, 4.69) is 17.4 Å². The van der Waals surface area contributed by atoms with E-state index in [1.807, 2.05) is 18.2 Å². The number of amides is 3. The average Bonchev–Trinajstić information content (AvgIpc) is 2.46. The fourth-order valence-corrected chi connectivity index (χ4v) is 4.32. The zero-order chi connectivity index (χ0) is 17.4. The lowest BCUT2D eigenvalue weighted by molar-refractivity contribution is -0.132. The fraction of sp³-hybridized carbons (Fsp3) is 0.579. The Hall–Kier alpha value is -2.08. The molecule has 3 amide bonds. The average molecular weight is 343 g/mol. The van der Waals surface area contributed by atoms with Crippen molar-refractivity contribution in [3.63, 3.8) is 0 Å². The first kappa shape index (κ1) is 16.4. The van der Waals surface area contributed by atoms with Crippen LogP contribution < -0.4 is 11.1 Å². The summed E-state index contributed by atoms with van der Waals surface area (Å²) in [5.41, 5.74) is 6.82. The van der Waals surface area contributed by atoms with Crippen LogP contribution in [0.15, 0.2) is 30.3 Å². The summed E-state index contributed by atoms with van der Waals surface area (Å²) in [5, 5.41) is 3.07. The molecule has 0 radical (unpaired) electrons. The second-order valence-electron chi connectivity index (χ2n) is 7.89. The molecule has 3 fully saturated rings. The molecule has 0 unspecified atom stereocenters. The van der Waals surface area contributed by atoms with Crippen molar-refractivity contribution in [2.45, 2.75) is 44.4 Å². The third-order valence-corrected chi connectivity index (χ3v) is 5.91. The number of hydrogen-bond acceptors (Lipinski definition) is 3. The molecule has 2 aliphatic carbocycles. The second-order valence-corrected chi connectivity index (χ2v) is 7.89. The molecule has 25 heavy (non-hydrogen) atoms. The molecule has 1 heterocycles. The predicted octanol–water partition coefficient (Wildman–Crippen LogP) is 1.64. The maximum absolute atomic E-state index is 12.1. The molecule has 1 spiro atoms. The largest absolute Gasteiger partial charge is 0.374 e. The molecule has 6 nitrogen and oxygen atoms in total. The first-order chi connectivity index (χ1) is 12.0. The standard InChI is InChI=1S/C19H25N3O3/c20-17(23)14-10-22(11-14)18(24)21-15-6-19(7-15)8-16(9-19)25-12-13-4-2-1-3-5-13/h1-5,14-16H,6-12H2,(H2,20,23)(H,21,24). The second kappa shape index (κ2) is 6.33. The molecule has 3 aliphatic rings. The van der Waals surface area contributed by atoms with Crippen molar-refractivity contribution in [3.8, 4) is 0 Å². The lowest BCUT2D eigenvalue weighted by Gasteiger charge is -2.57. The Kier molecular flexibility index (Phi) is 4.15. The Morgan fingerprint density at radius 1 is 1.16 bits per heavy atom. The lowest BCUT2D eigenvalue weighted by Crippen LogP contribution is -2.63. The van der Waals surface area contributed by atoms with E-state index in [4.69, 9.17) is 10.5 Å². The van der Waals surface area contributed by atoms with Crippen LogP contribution in [0.25, 0.3) is 0 Å². The number of nitrogens with two attached hydrogens (primary N) is 1. The van der Waals surface area contributed by atoms with Gasteiger partial charge in [-0.25, -0.2) is 4.79 Å². The van der Waals surface area contributed by atoms with Gasteiger partial charge >= 0.3 is 6.03 Å². The van der Waals surface area contributed by atoms with Crippen molar-refractivity contribution >= 4 is 11.9 Å². The summed E-state index contributed by atoms with van der Waals surface area (Å²) in [4.78, 5) is 24.7. The van der Waals surface area contributed by atoms with Gasteiger partial charge in [0, 0.05) is 19.1 Å². The number of rotatable bonds is 5. The van der Waals surface area contributed by atoms with Crippen LogP contribution in [-0.2, 0) is 16.1 Å². The monoisotopic (exact) mass is 343 g/mol. The van der Waals surface area contributed by atoms with Crippen LogP contribution in [0.5, 0.6) is 0 Å². The van der Waals surface area contributed by atoms with Crippen molar-refractivity contribution in [3.05, 3.63) is 35.9 Å². The predicted molar refractivity (Wildman–Crippen MR) is 92.5 cm³/mol. The van der Waals surface area contributed by atoms with E-state index >= 15 is 0 Å². The zero-order valence-corrected chi connectivity index (χ0v) is 14.3. The molecule has 6 heteroatoms. The highest BCUT2D eigenvalue weighted by atomic mass is 16.5. The SMILES string of the molecule is NC(=O)C1CN(C(=O)NC2CC3(C2)CC(OCc2ccccc2)C3)C1. The number of benzene rings is 1. The molecule has 3 N–H and O–H groups in total. The molecule has 2 saturated carbocycles. The number of primary amides is 1. The number of hydrogen-bond donors (Lipinski definition) is 2. The normalized spacial score (nSPS) is 31.0. The van der Waals surface area contributed by atoms with E-state index in [0.29, 0.717) is 31.2 Å². The third-order valence-electron chi connectivity index (χ3n) is 5.91. The number of ether oxygens (including phenoxy) is 1. The number of carbonyl (C=O) groups excluding carboxylic acids is 2. The molecule has 134 valence electrons. The van der Waals surface area contributed by atoms with Gasteiger partial charge in [0.25, 0.3) is 0 Å². The minimum Gasteiger partial charge on any atom is -0.374 e. The van der Waals surface area contributed by atoms with Gasteiger partial charge in [0.05, 0.1) is 18.6 Å². The molecule has 1 aromatic rings. The van der Waals surface area contributed by atoms with Gasteiger partial charge in [0.2, 0.25) is 5.91 Å². The van der Waals surface area contributed by atoms with Crippen LogP contribution in [0, 0.1) is 11.3 Å². The highest BCUT2D eigenvalue weighted by Crippen LogP contribution is 2.57. The smallest absolute Gasteiger partial charge is 0.317 e. The minimum atomic E-state index is -0.317. The number of nitrogens with zero attached hydrogens (tertiary/aromatic N) is 1. The summed E-state index contributed by atoms with van der Waals surface area (Å²) in [6.07, 6.45) is 4.62. The molecular weight excluding hydrogens is 318 g/mol. The van der Waals surface area contributed by atoms with E-state index < -0.39 is 0 Å². The van der Waals surface area contributed by atoms with Gasteiger partial charge in [-0.1, -0.05) is 30.3 Å². The van der Waals surface area contributed by atoms with E-state index in [1.54, 1.807) is 4.90 Å². The number of nitrogens with one attached hydrogen (secondary N) is 1. The fourth-order valence-electron chi connectivity index (χ4n) is 4.32. The highest BCUT2D eigenvalue weighted by Gasteiger charge is 2.54. The van der Waals surface area contributed by atoms with Gasteiger partial charge in [-0.3, -0.25) is 4.79 Å². The van der Waals surface area contributed by atoms with Gasteiger partial charge in [0.15, 0.2) is 0 Å². The van der Waals surface area contributed by atoms with Crippen molar-refractivity contribution in [2.75, 3.05) is 13.1 Å². The Morgan fingerprint density at radius 3 is 2.48 bits per heavy atom. The Balaban J connectivity index is 1.12. The summed E-state index contributed by atoms with van der Waals surface area (Å²) in [7, 11) is 0. The van der Waals surface area contributed by atoms with Crippen LogP contribution in [0.2, 0.25) is 0 Å². The molecule has 0 atom stereocenters. The first-order valence-corrected chi connectivity index (χ1v) is 9.03. The molecule has 1 aromatic carbocycles. The van der Waals surface area contributed by atoms with Gasteiger partial charge in [-0.05, 0) is 36.7 Å². The molecular formula is C19H25N3O3. The topological polar surface area (TPSA) is 84.7 Å².